The van der Waals surface area contributed by atoms with E-state index in [1.54, 1.807) is 11.7 Å². The normalized spacial score (nSPS) is 14.9. The molecule has 34 heavy (non-hydrogen) atoms. The van der Waals surface area contributed by atoms with Crippen molar-refractivity contribution in [2.45, 2.75) is 43.5 Å². The molecule has 1 unspecified atom stereocenters. The van der Waals surface area contributed by atoms with E-state index in [-0.39, 0.29) is 17.9 Å². The highest BCUT2D eigenvalue weighted by Gasteiger charge is 2.32. The molecule has 4 rings (SSSR count). The molecule has 7 nitrogen and oxygen atoms in total. The Kier molecular flexibility index (Phi) is 7.26. The van der Waals surface area contributed by atoms with E-state index >= 15 is 0 Å². The van der Waals surface area contributed by atoms with Crippen LogP contribution in [0.3, 0.4) is 0 Å². The second-order valence-electron chi connectivity index (χ2n) is 8.36. The number of benzene rings is 2. The molecule has 0 saturated heterocycles. The van der Waals surface area contributed by atoms with Gasteiger partial charge >= 0.3 is 0 Å². The standard InChI is InChI=1S/C26H29N3O4S/c1-5-12-33-20-11-10-18(13-21(20)32-4)19-14-22(30)27-24-23(19)25(31)28-26(29(24)3)34-15-17-8-6-16(2)7-9-17/h6-11,13,19H,5,12,14-15H2,1-4H3,(H,27,30). The number of aryl methyl sites for hydroxylation is 1. The minimum absolute atomic E-state index is 0.140. The number of fused-ring (bicyclic) bond motifs is 1. The number of carbonyl (C=O) groups is 1. The third-order valence-electron chi connectivity index (χ3n) is 5.84. The van der Waals surface area contributed by atoms with Gasteiger partial charge in [0.1, 0.15) is 5.82 Å². The molecule has 1 aliphatic rings. The Morgan fingerprint density at radius 2 is 1.91 bits per heavy atom. The third-order valence-corrected chi connectivity index (χ3v) is 6.94. The lowest BCUT2D eigenvalue weighted by Crippen LogP contribution is -2.33. The second-order valence-corrected chi connectivity index (χ2v) is 9.30. The Hall–Kier alpha value is -3.26. The lowest BCUT2D eigenvalue weighted by molar-refractivity contribution is -0.116. The summed E-state index contributed by atoms with van der Waals surface area (Å²) in [5, 5.41) is 3.46. The smallest absolute Gasteiger partial charge is 0.279 e. The molecule has 2 aromatic carbocycles. The van der Waals surface area contributed by atoms with Gasteiger partial charge in [-0.3, -0.25) is 9.59 Å². The summed E-state index contributed by atoms with van der Waals surface area (Å²) in [6.07, 6.45) is 1.05. The van der Waals surface area contributed by atoms with Crippen molar-refractivity contribution < 1.29 is 14.3 Å². The summed E-state index contributed by atoms with van der Waals surface area (Å²) in [7, 11) is 3.41. The number of nitrogens with zero attached hydrogens (tertiary/aromatic N) is 2. The van der Waals surface area contributed by atoms with Gasteiger partial charge in [0, 0.05) is 25.1 Å². The zero-order chi connectivity index (χ0) is 24.2. The van der Waals surface area contributed by atoms with Crippen LogP contribution in [0.4, 0.5) is 5.82 Å². The first-order chi connectivity index (χ1) is 16.4. The maximum atomic E-state index is 13.2. The first-order valence-electron chi connectivity index (χ1n) is 11.3. The van der Waals surface area contributed by atoms with Gasteiger partial charge in [0.15, 0.2) is 16.7 Å². The van der Waals surface area contributed by atoms with Crippen LogP contribution in [0.5, 0.6) is 11.5 Å². The van der Waals surface area contributed by atoms with E-state index in [0.717, 1.165) is 17.5 Å². The van der Waals surface area contributed by atoms with Crippen molar-refractivity contribution in [3.63, 3.8) is 0 Å². The van der Waals surface area contributed by atoms with Gasteiger partial charge in [0.05, 0.1) is 19.3 Å². The fourth-order valence-corrected chi connectivity index (χ4v) is 4.93. The van der Waals surface area contributed by atoms with Crippen LogP contribution in [-0.4, -0.2) is 29.2 Å². The van der Waals surface area contributed by atoms with Crippen LogP contribution in [0.1, 0.15) is 47.9 Å². The molecule has 1 aliphatic heterocycles. The summed E-state index contributed by atoms with van der Waals surface area (Å²) in [6, 6.07) is 13.8. The Morgan fingerprint density at radius 1 is 1.15 bits per heavy atom. The lowest BCUT2D eigenvalue weighted by Gasteiger charge is -2.28. The number of anilines is 1. The minimum atomic E-state index is -0.416. The number of nitrogens with one attached hydrogen (secondary N) is 1. The van der Waals surface area contributed by atoms with Crippen molar-refractivity contribution in [2.24, 2.45) is 7.05 Å². The molecule has 0 aliphatic carbocycles. The maximum absolute atomic E-state index is 13.2. The molecule has 0 radical (unpaired) electrons. The van der Waals surface area contributed by atoms with Crippen LogP contribution in [0.2, 0.25) is 0 Å². The zero-order valence-electron chi connectivity index (χ0n) is 19.9. The van der Waals surface area contributed by atoms with Crippen molar-refractivity contribution in [1.82, 2.24) is 9.55 Å². The Morgan fingerprint density at radius 3 is 2.62 bits per heavy atom. The number of hydrogen-bond donors (Lipinski definition) is 1. The molecular formula is C26H29N3O4S. The summed E-state index contributed by atoms with van der Waals surface area (Å²) >= 11 is 1.47. The highest BCUT2D eigenvalue weighted by molar-refractivity contribution is 7.98. The Labute approximate surface area is 203 Å². The van der Waals surface area contributed by atoms with Gasteiger partial charge in [-0.15, -0.1) is 0 Å². The predicted molar refractivity (Wildman–Crippen MR) is 134 cm³/mol. The summed E-state index contributed by atoms with van der Waals surface area (Å²) in [6.45, 7) is 4.67. The van der Waals surface area contributed by atoms with Crippen molar-refractivity contribution in [2.75, 3.05) is 19.0 Å². The number of ether oxygens (including phenoxy) is 2. The van der Waals surface area contributed by atoms with Crippen molar-refractivity contribution in [3.8, 4) is 11.5 Å². The molecule has 0 bridgehead atoms. The van der Waals surface area contributed by atoms with Gasteiger partial charge in [0.25, 0.3) is 5.56 Å². The quantitative estimate of drug-likeness (QED) is 0.374. The van der Waals surface area contributed by atoms with Gasteiger partial charge < -0.3 is 19.4 Å². The molecule has 178 valence electrons. The lowest BCUT2D eigenvalue weighted by atomic mass is 9.86. The van der Waals surface area contributed by atoms with E-state index in [9.17, 15) is 9.59 Å². The van der Waals surface area contributed by atoms with E-state index in [4.69, 9.17) is 9.47 Å². The van der Waals surface area contributed by atoms with Crippen LogP contribution in [0.15, 0.2) is 52.4 Å². The number of rotatable bonds is 8. The van der Waals surface area contributed by atoms with Crippen LogP contribution < -0.4 is 20.3 Å². The number of thioether (sulfide) groups is 1. The van der Waals surface area contributed by atoms with E-state index in [0.29, 0.717) is 40.4 Å². The van der Waals surface area contributed by atoms with Crippen molar-refractivity contribution in [3.05, 3.63) is 75.1 Å². The number of methoxy groups -OCH3 is 1. The summed E-state index contributed by atoms with van der Waals surface area (Å²) in [5.74, 6) is 1.83. The minimum Gasteiger partial charge on any atom is -0.493 e. The summed E-state index contributed by atoms with van der Waals surface area (Å²) < 4.78 is 13.1. The second kappa shape index (κ2) is 10.3. The topological polar surface area (TPSA) is 82.5 Å². The largest absolute Gasteiger partial charge is 0.493 e. The van der Waals surface area contributed by atoms with E-state index in [2.05, 4.69) is 34.6 Å². The number of hydrogen-bond acceptors (Lipinski definition) is 6. The molecule has 1 amide bonds. The number of amides is 1. The molecule has 0 spiro atoms. The molecule has 8 heteroatoms. The number of carbonyl (C=O) groups excluding carboxylic acids is 1. The van der Waals surface area contributed by atoms with E-state index in [1.807, 2.05) is 39.1 Å². The van der Waals surface area contributed by atoms with Crippen LogP contribution in [0, 0.1) is 6.92 Å². The Balaban J connectivity index is 1.68. The first-order valence-corrected chi connectivity index (χ1v) is 12.3. The van der Waals surface area contributed by atoms with Crippen LogP contribution in [0.25, 0.3) is 0 Å². The molecule has 0 fully saturated rings. The molecule has 1 N–H and O–H groups in total. The van der Waals surface area contributed by atoms with E-state index in [1.165, 1.54) is 17.3 Å². The van der Waals surface area contributed by atoms with Gasteiger partial charge in [-0.25, -0.2) is 0 Å². The van der Waals surface area contributed by atoms with Crippen LogP contribution in [-0.2, 0) is 17.6 Å². The molecule has 1 aromatic heterocycles. The highest BCUT2D eigenvalue weighted by atomic mass is 32.2. The molecule has 3 aromatic rings. The Bertz CT molecular complexity index is 1250. The monoisotopic (exact) mass is 479 g/mol. The molecular weight excluding hydrogens is 450 g/mol. The van der Waals surface area contributed by atoms with Gasteiger partial charge in [0.2, 0.25) is 5.91 Å². The molecule has 0 saturated carbocycles. The van der Waals surface area contributed by atoms with Gasteiger partial charge in [-0.05, 0) is 36.6 Å². The summed E-state index contributed by atoms with van der Waals surface area (Å²) in [5.41, 5.74) is 3.32. The van der Waals surface area contributed by atoms with Crippen molar-refractivity contribution in [1.29, 1.82) is 0 Å². The fourth-order valence-electron chi connectivity index (χ4n) is 4.01. The van der Waals surface area contributed by atoms with Gasteiger partial charge in [-0.1, -0.05) is 54.6 Å². The zero-order valence-corrected chi connectivity index (χ0v) is 20.7. The predicted octanol–water partition coefficient (Wildman–Crippen LogP) is 4.65. The first kappa shape index (κ1) is 23.9. The molecule has 2 heterocycles. The highest BCUT2D eigenvalue weighted by Crippen LogP contribution is 2.39. The average molecular weight is 480 g/mol. The average Bonchev–Trinajstić information content (AvgIpc) is 2.84. The van der Waals surface area contributed by atoms with Crippen molar-refractivity contribution >= 4 is 23.5 Å². The third kappa shape index (κ3) is 4.97. The SMILES string of the molecule is CCCOc1ccc(C2CC(=O)Nc3c2c(=O)nc(SCc2ccc(C)cc2)n3C)cc1OC. The van der Waals surface area contributed by atoms with Gasteiger partial charge in [-0.2, -0.15) is 4.98 Å². The summed E-state index contributed by atoms with van der Waals surface area (Å²) in [4.78, 5) is 30.2. The van der Waals surface area contributed by atoms with E-state index < -0.39 is 5.92 Å². The molecule has 1 atom stereocenters. The fraction of sp³-hybridized carbons (Fsp3) is 0.346. The maximum Gasteiger partial charge on any atom is 0.279 e. The number of aromatic nitrogens is 2. The van der Waals surface area contributed by atoms with Crippen LogP contribution >= 0.6 is 11.8 Å².